The Labute approximate surface area is 108 Å². The molecule has 0 radical (unpaired) electrons. The van der Waals surface area contributed by atoms with Crippen molar-refractivity contribution in [1.82, 2.24) is 15.1 Å². The molecule has 102 valence electrons. The molecule has 2 unspecified atom stereocenters. The van der Waals surface area contributed by atoms with Crippen LogP contribution in [-0.4, -0.2) is 62.2 Å². The SMILES string of the molecule is CCNCC(C(C)C)N(C)C1CCCN(C)C1. The Morgan fingerprint density at radius 2 is 2.12 bits per heavy atom. The van der Waals surface area contributed by atoms with E-state index in [1.165, 1.54) is 25.9 Å². The lowest BCUT2D eigenvalue weighted by Gasteiger charge is -2.41. The van der Waals surface area contributed by atoms with Crippen molar-refractivity contribution >= 4 is 0 Å². The molecule has 0 aromatic rings. The molecule has 0 aromatic carbocycles. The zero-order valence-corrected chi connectivity index (χ0v) is 12.4. The van der Waals surface area contributed by atoms with Crippen molar-refractivity contribution in [3.8, 4) is 0 Å². The fourth-order valence-corrected chi connectivity index (χ4v) is 2.88. The molecule has 0 spiro atoms. The molecule has 3 nitrogen and oxygen atoms in total. The van der Waals surface area contributed by atoms with E-state index in [1.807, 2.05) is 0 Å². The smallest absolute Gasteiger partial charge is 0.0244 e. The molecule has 0 aliphatic carbocycles. The lowest BCUT2D eigenvalue weighted by atomic mass is 9.97. The maximum Gasteiger partial charge on any atom is 0.0244 e. The van der Waals surface area contributed by atoms with Gasteiger partial charge in [-0.1, -0.05) is 20.8 Å². The van der Waals surface area contributed by atoms with Gasteiger partial charge in [0.05, 0.1) is 0 Å². The van der Waals surface area contributed by atoms with Crippen LogP contribution in [0.25, 0.3) is 0 Å². The summed E-state index contributed by atoms with van der Waals surface area (Å²) in [7, 11) is 4.56. The second-order valence-electron chi connectivity index (χ2n) is 5.84. The van der Waals surface area contributed by atoms with Crippen molar-refractivity contribution in [2.75, 3.05) is 40.3 Å². The quantitative estimate of drug-likeness (QED) is 0.763. The Morgan fingerprint density at radius 3 is 2.65 bits per heavy atom. The van der Waals surface area contributed by atoms with Gasteiger partial charge in [-0.2, -0.15) is 0 Å². The molecule has 1 saturated heterocycles. The largest absolute Gasteiger partial charge is 0.315 e. The van der Waals surface area contributed by atoms with Gasteiger partial charge in [0.15, 0.2) is 0 Å². The Morgan fingerprint density at radius 1 is 1.41 bits per heavy atom. The van der Waals surface area contributed by atoms with Gasteiger partial charge in [-0.3, -0.25) is 4.90 Å². The lowest BCUT2D eigenvalue weighted by Crippen LogP contribution is -2.53. The first-order valence-electron chi connectivity index (χ1n) is 7.17. The minimum Gasteiger partial charge on any atom is -0.315 e. The fourth-order valence-electron chi connectivity index (χ4n) is 2.88. The minimum absolute atomic E-state index is 0.659. The second-order valence-corrected chi connectivity index (χ2v) is 5.84. The van der Waals surface area contributed by atoms with E-state index in [0.29, 0.717) is 12.0 Å². The molecule has 1 N–H and O–H groups in total. The summed E-state index contributed by atoms with van der Waals surface area (Å²) < 4.78 is 0. The first-order valence-corrected chi connectivity index (χ1v) is 7.17. The Balaban J connectivity index is 2.53. The van der Waals surface area contributed by atoms with Gasteiger partial charge < -0.3 is 10.2 Å². The molecule has 0 aromatic heterocycles. The standard InChI is InChI=1S/C14H31N3/c1-6-15-10-14(12(2)3)17(5)13-8-7-9-16(4)11-13/h12-15H,6-11H2,1-5H3. The summed E-state index contributed by atoms with van der Waals surface area (Å²) in [6.07, 6.45) is 2.70. The zero-order chi connectivity index (χ0) is 12.8. The van der Waals surface area contributed by atoms with Gasteiger partial charge >= 0.3 is 0 Å². The van der Waals surface area contributed by atoms with Crippen molar-refractivity contribution in [2.45, 2.75) is 45.7 Å². The van der Waals surface area contributed by atoms with E-state index in [1.54, 1.807) is 0 Å². The number of piperidine rings is 1. The maximum absolute atomic E-state index is 3.51. The Bertz CT molecular complexity index is 206. The zero-order valence-electron chi connectivity index (χ0n) is 12.4. The fraction of sp³-hybridized carbons (Fsp3) is 1.00. The predicted octanol–water partition coefficient (Wildman–Crippen LogP) is 1.65. The molecule has 0 bridgehead atoms. The van der Waals surface area contributed by atoms with Gasteiger partial charge in [0.1, 0.15) is 0 Å². The Kier molecular flexibility index (Phi) is 6.45. The molecule has 3 heteroatoms. The highest BCUT2D eigenvalue weighted by molar-refractivity contribution is 4.84. The second kappa shape index (κ2) is 7.34. The van der Waals surface area contributed by atoms with Crippen LogP contribution in [0.2, 0.25) is 0 Å². The molecule has 17 heavy (non-hydrogen) atoms. The van der Waals surface area contributed by atoms with Gasteiger partial charge in [0.2, 0.25) is 0 Å². The first kappa shape index (κ1) is 14.9. The molecular formula is C14H31N3. The lowest BCUT2D eigenvalue weighted by molar-refractivity contribution is 0.0784. The van der Waals surface area contributed by atoms with Crippen LogP contribution in [0.3, 0.4) is 0 Å². The molecule has 1 heterocycles. The van der Waals surface area contributed by atoms with Gasteiger partial charge in [0, 0.05) is 25.2 Å². The average Bonchev–Trinajstić information content (AvgIpc) is 2.29. The van der Waals surface area contributed by atoms with E-state index in [0.717, 1.165) is 19.1 Å². The summed E-state index contributed by atoms with van der Waals surface area (Å²) in [6.45, 7) is 11.5. The van der Waals surface area contributed by atoms with Crippen LogP contribution >= 0.6 is 0 Å². The molecule has 1 aliphatic heterocycles. The third kappa shape index (κ3) is 4.57. The molecule has 1 aliphatic rings. The number of hydrogen-bond acceptors (Lipinski definition) is 3. The molecule has 0 amide bonds. The van der Waals surface area contributed by atoms with Gasteiger partial charge in [-0.05, 0) is 45.9 Å². The summed E-state index contributed by atoms with van der Waals surface area (Å²) in [5.74, 6) is 0.714. The van der Waals surface area contributed by atoms with E-state index in [9.17, 15) is 0 Å². The molecule has 0 saturated carbocycles. The molecular weight excluding hydrogens is 210 g/mol. The number of rotatable bonds is 6. The van der Waals surface area contributed by atoms with Crippen LogP contribution in [0.5, 0.6) is 0 Å². The normalized spacial score (nSPS) is 24.5. The summed E-state index contributed by atoms with van der Waals surface area (Å²) in [6, 6.07) is 1.39. The van der Waals surface area contributed by atoms with Crippen LogP contribution < -0.4 is 5.32 Å². The van der Waals surface area contributed by atoms with E-state index in [2.05, 4.69) is 50.0 Å². The topological polar surface area (TPSA) is 18.5 Å². The first-order chi connectivity index (χ1) is 8.06. The third-order valence-corrected chi connectivity index (χ3v) is 4.07. The summed E-state index contributed by atoms with van der Waals surface area (Å²) in [5.41, 5.74) is 0. The summed E-state index contributed by atoms with van der Waals surface area (Å²) in [5, 5.41) is 3.51. The van der Waals surface area contributed by atoms with Crippen molar-refractivity contribution in [3.63, 3.8) is 0 Å². The van der Waals surface area contributed by atoms with Crippen molar-refractivity contribution < 1.29 is 0 Å². The number of nitrogens with zero attached hydrogens (tertiary/aromatic N) is 2. The number of nitrogens with one attached hydrogen (secondary N) is 1. The molecule has 1 fully saturated rings. The van der Waals surface area contributed by atoms with Crippen molar-refractivity contribution in [2.24, 2.45) is 5.92 Å². The average molecular weight is 241 g/mol. The monoisotopic (exact) mass is 241 g/mol. The van der Waals surface area contributed by atoms with Gasteiger partial charge in [-0.15, -0.1) is 0 Å². The highest BCUT2D eigenvalue weighted by Crippen LogP contribution is 2.18. The van der Waals surface area contributed by atoms with E-state index in [-0.39, 0.29) is 0 Å². The Hall–Kier alpha value is -0.120. The molecule has 2 atom stereocenters. The van der Waals surface area contributed by atoms with Crippen molar-refractivity contribution in [3.05, 3.63) is 0 Å². The van der Waals surface area contributed by atoms with Gasteiger partial charge in [-0.25, -0.2) is 0 Å². The van der Waals surface area contributed by atoms with Crippen LogP contribution in [0, 0.1) is 5.92 Å². The van der Waals surface area contributed by atoms with E-state index in [4.69, 9.17) is 0 Å². The van der Waals surface area contributed by atoms with Gasteiger partial charge in [0.25, 0.3) is 0 Å². The summed E-state index contributed by atoms with van der Waals surface area (Å²) in [4.78, 5) is 5.08. The summed E-state index contributed by atoms with van der Waals surface area (Å²) >= 11 is 0. The highest BCUT2D eigenvalue weighted by Gasteiger charge is 2.27. The van der Waals surface area contributed by atoms with E-state index >= 15 is 0 Å². The predicted molar refractivity (Wildman–Crippen MR) is 75.5 cm³/mol. The maximum atomic E-state index is 3.51. The molecule has 1 rings (SSSR count). The highest BCUT2D eigenvalue weighted by atomic mass is 15.2. The van der Waals surface area contributed by atoms with Crippen molar-refractivity contribution in [1.29, 1.82) is 0 Å². The third-order valence-electron chi connectivity index (χ3n) is 4.07. The number of likely N-dealkylation sites (tertiary alicyclic amines) is 1. The number of likely N-dealkylation sites (N-methyl/N-ethyl adjacent to an activating group) is 3. The van der Waals surface area contributed by atoms with Crippen LogP contribution in [0.4, 0.5) is 0 Å². The van der Waals surface area contributed by atoms with Crippen LogP contribution in [0.1, 0.15) is 33.6 Å². The van der Waals surface area contributed by atoms with Crippen LogP contribution in [0.15, 0.2) is 0 Å². The van der Waals surface area contributed by atoms with Crippen LogP contribution in [-0.2, 0) is 0 Å². The number of hydrogen-bond donors (Lipinski definition) is 1. The van der Waals surface area contributed by atoms with E-state index < -0.39 is 0 Å². The minimum atomic E-state index is 0.659.